The molecule has 0 saturated heterocycles. The van der Waals surface area contributed by atoms with Gasteiger partial charge in [0.2, 0.25) is 5.69 Å². The van der Waals surface area contributed by atoms with Crippen LogP contribution in [0.1, 0.15) is 37.2 Å². The minimum atomic E-state index is -0.593. The molecule has 0 spiro atoms. The highest BCUT2D eigenvalue weighted by Crippen LogP contribution is 2.37. The maximum absolute atomic E-state index is 11.2. The van der Waals surface area contributed by atoms with Crippen molar-refractivity contribution in [3.8, 4) is 11.6 Å². The number of hydrogen-bond acceptors (Lipinski definition) is 7. The summed E-state index contributed by atoms with van der Waals surface area (Å²) in [5.74, 6) is 0.486. The Labute approximate surface area is 120 Å². The van der Waals surface area contributed by atoms with Crippen molar-refractivity contribution >= 4 is 5.69 Å². The van der Waals surface area contributed by atoms with Gasteiger partial charge in [0.15, 0.2) is 5.82 Å². The van der Waals surface area contributed by atoms with Crippen LogP contribution in [-0.2, 0) is 12.6 Å². The molecule has 2 heterocycles. The molecule has 0 aliphatic heterocycles. The van der Waals surface area contributed by atoms with Crippen LogP contribution in [-0.4, -0.2) is 24.8 Å². The molecule has 0 radical (unpaired) electrons. The van der Waals surface area contributed by atoms with Crippen molar-refractivity contribution in [2.45, 2.75) is 38.1 Å². The fourth-order valence-corrected chi connectivity index (χ4v) is 2.86. The monoisotopic (exact) mass is 292 g/mol. The van der Waals surface area contributed by atoms with Crippen LogP contribution in [0.3, 0.4) is 0 Å². The van der Waals surface area contributed by atoms with Crippen LogP contribution in [0.2, 0.25) is 0 Å². The number of hydrogen-bond donors (Lipinski definition) is 1. The predicted molar refractivity (Wildman–Crippen MR) is 72.2 cm³/mol. The van der Waals surface area contributed by atoms with Crippen molar-refractivity contribution in [1.82, 2.24) is 19.9 Å². The topological polar surface area (TPSA) is 126 Å². The van der Waals surface area contributed by atoms with Crippen LogP contribution in [0, 0.1) is 17.0 Å². The van der Waals surface area contributed by atoms with E-state index in [1.807, 2.05) is 0 Å². The maximum Gasteiger partial charge on any atom is 0.322 e. The number of rotatable bonds is 3. The Balaban J connectivity index is 2.07. The fraction of sp³-hybridized carbons (Fsp3) is 0.583. The van der Waals surface area contributed by atoms with Crippen LogP contribution < -0.4 is 5.73 Å². The van der Waals surface area contributed by atoms with Crippen LogP contribution in [0.25, 0.3) is 11.6 Å². The van der Waals surface area contributed by atoms with Crippen molar-refractivity contribution in [3.05, 3.63) is 21.6 Å². The molecular formula is C12H16N6O3. The van der Waals surface area contributed by atoms with Gasteiger partial charge in [0.1, 0.15) is 5.69 Å². The van der Waals surface area contributed by atoms with E-state index in [1.165, 1.54) is 4.68 Å². The van der Waals surface area contributed by atoms with Crippen molar-refractivity contribution in [3.63, 3.8) is 0 Å². The Morgan fingerprint density at radius 3 is 2.71 bits per heavy atom. The number of aromatic nitrogens is 4. The van der Waals surface area contributed by atoms with Gasteiger partial charge in [-0.3, -0.25) is 14.8 Å². The first-order valence-electron chi connectivity index (χ1n) is 6.74. The molecule has 0 aromatic carbocycles. The highest BCUT2D eigenvalue weighted by Gasteiger charge is 2.37. The standard InChI is InChI=1S/C12H16N6O3/c1-7-8(18(19)20)9(17(2)15-7)10-14-11(16-21-10)12(13)5-3-4-6-12/h3-6,13H2,1-2H3. The summed E-state index contributed by atoms with van der Waals surface area (Å²) in [5, 5.41) is 19.2. The van der Waals surface area contributed by atoms with E-state index >= 15 is 0 Å². The second kappa shape index (κ2) is 4.62. The van der Waals surface area contributed by atoms with Crippen molar-refractivity contribution < 1.29 is 9.45 Å². The highest BCUT2D eigenvalue weighted by atomic mass is 16.6. The van der Waals surface area contributed by atoms with Gasteiger partial charge in [-0.1, -0.05) is 18.0 Å². The molecule has 0 bridgehead atoms. The Morgan fingerprint density at radius 1 is 1.43 bits per heavy atom. The van der Waals surface area contributed by atoms with Gasteiger partial charge in [-0.25, -0.2) is 0 Å². The molecule has 0 atom stereocenters. The molecule has 112 valence electrons. The lowest BCUT2D eigenvalue weighted by molar-refractivity contribution is -0.384. The fourth-order valence-electron chi connectivity index (χ4n) is 2.86. The Morgan fingerprint density at radius 2 is 2.10 bits per heavy atom. The Kier molecular flexibility index (Phi) is 3.01. The Bertz CT molecular complexity index is 698. The molecule has 9 nitrogen and oxygen atoms in total. The summed E-state index contributed by atoms with van der Waals surface area (Å²) in [6.07, 6.45) is 3.62. The van der Waals surface area contributed by atoms with Gasteiger partial charge in [0.05, 0.1) is 10.5 Å². The van der Waals surface area contributed by atoms with Gasteiger partial charge in [-0.05, 0) is 19.8 Å². The lowest BCUT2D eigenvalue weighted by atomic mass is 9.99. The van der Waals surface area contributed by atoms with Gasteiger partial charge in [0.25, 0.3) is 5.89 Å². The molecule has 0 amide bonds. The molecular weight excluding hydrogens is 276 g/mol. The molecule has 1 fully saturated rings. The predicted octanol–water partition coefficient (Wildman–Crippen LogP) is 1.41. The van der Waals surface area contributed by atoms with Gasteiger partial charge in [-0.15, -0.1) is 0 Å². The van der Waals surface area contributed by atoms with Crippen LogP contribution in [0.5, 0.6) is 0 Å². The molecule has 21 heavy (non-hydrogen) atoms. The van der Waals surface area contributed by atoms with E-state index in [2.05, 4.69) is 15.2 Å². The third-order valence-electron chi connectivity index (χ3n) is 3.94. The van der Waals surface area contributed by atoms with Crippen molar-refractivity contribution in [1.29, 1.82) is 0 Å². The molecule has 1 saturated carbocycles. The Hall–Kier alpha value is -2.29. The van der Waals surface area contributed by atoms with Gasteiger partial charge >= 0.3 is 5.69 Å². The average Bonchev–Trinajstić information content (AvgIpc) is 3.08. The SMILES string of the molecule is Cc1nn(C)c(-c2nc(C3(N)CCCC3)no2)c1[N+](=O)[O-]. The van der Waals surface area contributed by atoms with Crippen molar-refractivity contribution in [2.75, 3.05) is 0 Å². The van der Waals surface area contributed by atoms with E-state index in [1.54, 1.807) is 14.0 Å². The summed E-state index contributed by atoms with van der Waals surface area (Å²) in [6.45, 7) is 1.57. The summed E-state index contributed by atoms with van der Waals surface area (Å²) >= 11 is 0. The van der Waals surface area contributed by atoms with Gasteiger partial charge in [0, 0.05) is 7.05 Å². The third kappa shape index (κ3) is 2.09. The van der Waals surface area contributed by atoms with E-state index < -0.39 is 10.5 Å². The summed E-state index contributed by atoms with van der Waals surface area (Å²) in [4.78, 5) is 15.0. The first kappa shape index (κ1) is 13.7. The molecule has 2 aromatic heterocycles. The minimum absolute atomic E-state index is 0.0801. The van der Waals surface area contributed by atoms with Crippen molar-refractivity contribution in [2.24, 2.45) is 12.8 Å². The third-order valence-corrected chi connectivity index (χ3v) is 3.94. The lowest BCUT2D eigenvalue weighted by Crippen LogP contribution is -2.34. The zero-order chi connectivity index (χ0) is 15.2. The zero-order valence-corrected chi connectivity index (χ0v) is 11.9. The maximum atomic E-state index is 11.2. The van der Waals surface area contributed by atoms with E-state index in [-0.39, 0.29) is 17.3 Å². The van der Waals surface area contributed by atoms with Crippen LogP contribution >= 0.6 is 0 Å². The largest absolute Gasteiger partial charge is 0.332 e. The van der Waals surface area contributed by atoms with E-state index in [9.17, 15) is 10.1 Å². The number of nitro groups is 1. The number of nitrogens with zero attached hydrogens (tertiary/aromatic N) is 5. The van der Waals surface area contributed by atoms with Crippen LogP contribution in [0.4, 0.5) is 5.69 Å². The van der Waals surface area contributed by atoms with E-state index in [0.717, 1.165) is 25.7 Å². The van der Waals surface area contributed by atoms with Crippen LogP contribution in [0.15, 0.2) is 4.52 Å². The number of nitrogens with two attached hydrogens (primary N) is 1. The summed E-state index contributed by atoms with van der Waals surface area (Å²) in [5.41, 5.74) is 6.07. The summed E-state index contributed by atoms with van der Waals surface area (Å²) in [6, 6.07) is 0. The number of aryl methyl sites for hydroxylation is 2. The molecule has 1 aliphatic carbocycles. The molecule has 2 N–H and O–H groups in total. The quantitative estimate of drug-likeness (QED) is 0.669. The van der Waals surface area contributed by atoms with E-state index in [4.69, 9.17) is 10.3 Å². The van der Waals surface area contributed by atoms with Gasteiger partial charge in [-0.2, -0.15) is 10.1 Å². The summed E-state index contributed by atoms with van der Waals surface area (Å²) < 4.78 is 6.58. The summed E-state index contributed by atoms with van der Waals surface area (Å²) in [7, 11) is 1.60. The average molecular weight is 292 g/mol. The molecule has 1 aliphatic rings. The second-order valence-electron chi connectivity index (χ2n) is 5.45. The first-order valence-corrected chi connectivity index (χ1v) is 6.74. The van der Waals surface area contributed by atoms with E-state index in [0.29, 0.717) is 11.5 Å². The van der Waals surface area contributed by atoms with Gasteiger partial charge < -0.3 is 10.3 Å². The minimum Gasteiger partial charge on any atom is -0.332 e. The normalized spacial score (nSPS) is 17.3. The lowest BCUT2D eigenvalue weighted by Gasteiger charge is -2.17. The molecule has 0 unspecified atom stereocenters. The molecule has 9 heteroatoms. The zero-order valence-electron chi connectivity index (χ0n) is 11.9. The molecule has 3 rings (SSSR count). The highest BCUT2D eigenvalue weighted by molar-refractivity contribution is 5.64. The molecule has 2 aromatic rings. The first-order chi connectivity index (χ1) is 9.92. The second-order valence-corrected chi connectivity index (χ2v) is 5.45. The smallest absolute Gasteiger partial charge is 0.322 e.